The molecule has 0 aromatic carbocycles. The van der Waals surface area contributed by atoms with Gasteiger partial charge in [0.05, 0.1) is 6.42 Å². The molecule has 6 heteroatoms. The third-order valence-electron chi connectivity index (χ3n) is 13.4. The first-order chi connectivity index (χ1) is 20.8. The summed E-state index contributed by atoms with van der Waals surface area (Å²) < 4.78 is 0. The molecular formula is C38H71NO5. The number of piperidine rings is 1. The molecule has 1 aliphatic heterocycles. The molecule has 6 nitrogen and oxygen atoms in total. The lowest BCUT2D eigenvalue weighted by molar-refractivity contribution is -0.241. The predicted molar refractivity (Wildman–Crippen MR) is 183 cm³/mol. The fourth-order valence-corrected chi connectivity index (χ4v) is 11.5. The largest absolute Gasteiger partial charge is 0.481 e. The highest BCUT2D eigenvalue weighted by Crippen LogP contribution is 2.76. The number of amides is 1. The van der Waals surface area contributed by atoms with Gasteiger partial charge in [0.25, 0.3) is 0 Å². The fraction of sp³-hybridized carbons (Fsp3) is 0.895. The number of fused-ring (bicyclic) bond motifs is 7. The van der Waals surface area contributed by atoms with Crippen molar-refractivity contribution in [1.82, 2.24) is 4.90 Å². The van der Waals surface area contributed by atoms with Crippen molar-refractivity contribution in [3.63, 3.8) is 0 Å². The van der Waals surface area contributed by atoms with E-state index in [4.69, 9.17) is 10.2 Å². The van der Waals surface area contributed by atoms with Crippen LogP contribution in [0.4, 0.5) is 0 Å². The highest BCUT2D eigenvalue weighted by Gasteiger charge is 2.69. The molecule has 1 heterocycles. The van der Waals surface area contributed by atoms with Crippen LogP contribution in [0, 0.1) is 45.3 Å². The Labute approximate surface area is 271 Å². The van der Waals surface area contributed by atoms with Crippen molar-refractivity contribution < 1.29 is 24.9 Å². The number of carbonyl (C=O) groups excluding carboxylic acids is 1. The Balaban J connectivity index is 0.000000980. The number of carboxylic acids is 1. The first-order valence-corrected chi connectivity index (χ1v) is 17.9. The van der Waals surface area contributed by atoms with Gasteiger partial charge in [0.15, 0.2) is 0 Å². The average Bonchev–Trinajstić information content (AvgIpc) is 3.44. The molecule has 0 spiro atoms. The molecule has 0 aromatic heterocycles. The molecule has 0 radical (unpaired) electrons. The van der Waals surface area contributed by atoms with E-state index in [9.17, 15) is 14.7 Å². The molecule has 4 saturated carbocycles. The van der Waals surface area contributed by atoms with Crippen LogP contribution in [0.2, 0.25) is 0 Å². The van der Waals surface area contributed by atoms with Gasteiger partial charge >= 0.3 is 5.97 Å². The first kappa shape index (κ1) is 40.6. The number of likely N-dealkylation sites (tertiary alicyclic amines) is 1. The molecule has 1 saturated heterocycles. The summed E-state index contributed by atoms with van der Waals surface area (Å²) in [6.07, 6.45) is 14.0. The minimum absolute atomic E-state index is 0.0114. The minimum Gasteiger partial charge on any atom is -0.481 e. The van der Waals surface area contributed by atoms with Crippen LogP contribution in [-0.2, 0) is 9.59 Å². The van der Waals surface area contributed by atoms with Crippen molar-refractivity contribution in [3.8, 4) is 0 Å². The number of aliphatic hydroxyl groups is 2. The molecule has 4 aliphatic carbocycles. The van der Waals surface area contributed by atoms with Gasteiger partial charge in [0.1, 0.15) is 0 Å². The Bertz CT molecular complexity index is 934. The summed E-state index contributed by atoms with van der Waals surface area (Å²) in [4.78, 5) is 26.2. The van der Waals surface area contributed by atoms with E-state index < -0.39 is 5.97 Å². The van der Waals surface area contributed by atoms with Crippen molar-refractivity contribution in [2.45, 2.75) is 152 Å². The van der Waals surface area contributed by atoms with Crippen molar-refractivity contribution in [1.29, 1.82) is 0 Å². The zero-order valence-corrected chi connectivity index (χ0v) is 30.6. The van der Waals surface area contributed by atoms with E-state index >= 15 is 0 Å². The lowest BCUT2D eigenvalue weighted by atomic mass is 9.33. The summed E-state index contributed by atoms with van der Waals surface area (Å²) in [5.41, 5.74) is 0.784. The molecule has 1 amide bonds. The second-order valence-corrected chi connectivity index (χ2v) is 14.9. The monoisotopic (exact) mass is 622 g/mol. The van der Waals surface area contributed by atoms with Gasteiger partial charge in [-0.1, -0.05) is 61.0 Å². The van der Waals surface area contributed by atoms with E-state index in [1.165, 1.54) is 51.4 Å². The van der Waals surface area contributed by atoms with Gasteiger partial charge in [-0.2, -0.15) is 0 Å². The summed E-state index contributed by atoms with van der Waals surface area (Å²) in [6.45, 7) is 26.7. The normalized spacial score (nSPS) is 39.2. The standard InChI is InChI=1S/C30H49NO4.C3H6.2C2H6.CH4O/c1-26(2)22-12-14-29(5)23(27(22,3)17-18-31(26)24(33)10-11-25(34)35)9-8-20-21-7-6-13-30(21,19-32)16-15-28(20,29)4;1-3-2;3*1-2/h20-23,32H,6-19H2,1-5H3,(H,34,35);3H,1H2,2H3;2*1-2H3;2H,1H3/t20?,21-,22?,23?,27?,28-,29?,30?;;;;/m1..../s1. The SMILES string of the molecule is C=CC.CC.CC.CC12CCN(C(=O)CCC(=O)O)C(C)(C)C1CCC1(C)C2CCC2[C@H]3CCCC3(CO)CC[C@]21C.CO. The van der Waals surface area contributed by atoms with Crippen LogP contribution in [0.1, 0.15) is 146 Å². The van der Waals surface area contributed by atoms with Crippen LogP contribution in [0.25, 0.3) is 0 Å². The number of rotatable bonds is 4. The van der Waals surface area contributed by atoms with Crippen LogP contribution in [0.15, 0.2) is 12.7 Å². The third-order valence-corrected chi connectivity index (χ3v) is 13.4. The van der Waals surface area contributed by atoms with Crippen molar-refractivity contribution in [2.24, 2.45) is 45.3 Å². The first-order valence-electron chi connectivity index (χ1n) is 17.9. The molecule has 0 bridgehead atoms. The van der Waals surface area contributed by atoms with E-state index in [1.807, 2.05) is 39.5 Å². The van der Waals surface area contributed by atoms with E-state index in [-0.39, 0.29) is 35.1 Å². The van der Waals surface area contributed by atoms with Gasteiger partial charge < -0.3 is 20.2 Å². The summed E-state index contributed by atoms with van der Waals surface area (Å²) >= 11 is 0. The maximum absolute atomic E-state index is 13.1. The van der Waals surface area contributed by atoms with Gasteiger partial charge in [-0.3, -0.25) is 9.59 Å². The van der Waals surface area contributed by atoms with Crippen molar-refractivity contribution >= 4 is 11.9 Å². The Morgan fingerprint density at radius 2 is 1.39 bits per heavy atom. The molecule has 6 unspecified atom stereocenters. The zero-order valence-electron chi connectivity index (χ0n) is 30.6. The van der Waals surface area contributed by atoms with Crippen molar-refractivity contribution in [2.75, 3.05) is 20.3 Å². The number of hydrogen-bond donors (Lipinski definition) is 3. The Morgan fingerprint density at radius 1 is 0.795 bits per heavy atom. The van der Waals surface area contributed by atoms with E-state index in [1.54, 1.807) is 6.08 Å². The summed E-state index contributed by atoms with van der Waals surface area (Å²) in [5, 5.41) is 26.5. The fourth-order valence-electron chi connectivity index (χ4n) is 11.5. The minimum atomic E-state index is -0.892. The Kier molecular flexibility index (Phi) is 15.2. The van der Waals surface area contributed by atoms with Crippen LogP contribution in [-0.4, -0.2) is 57.9 Å². The van der Waals surface area contributed by atoms with Crippen molar-refractivity contribution in [3.05, 3.63) is 12.7 Å². The molecule has 5 fully saturated rings. The molecule has 258 valence electrons. The average molecular weight is 622 g/mol. The number of carboxylic acid groups (broad SMARTS) is 1. The number of aliphatic hydroxyl groups excluding tert-OH is 2. The van der Waals surface area contributed by atoms with E-state index in [0.717, 1.165) is 32.4 Å². The molecule has 3 N–H and O–H groups in total. The Hall–Kier alpha value is -1.40. The second kappa shape index (κ2) is 16.4. The molecule has 5 rings (SSSR count). The highest BCUT2D eigenvalue weighted by atomic mass is 16.4. The maximum atomic E-state index is 13.1. The third kappa shape index (κ3) is 6.82. The van der Waals surface area contributed by atoms with Crippen LogP contribution in [0.5, 0.6) is 0 Å². The lowest BCUT2D eigenvalue weighted by Crippen LogP contribution is -2.70. The number of aliphatic carboxylic acids is 1. The van der Waals surface area contributed by atoms with Crippen LogP contribution < -0.4 is 0 Å². The number of hydrogen-bond acceptors (Lipinski definition) is 4. The van der Waals surface area contributed by atoms with Gasteiger partial charge in [0.2, 0.25) is 5.91 Å². The zero-order chi connectivity index (χ0) is 34.1. The second-order valence-electron chi connectivity index (χ2n) is 14.9. The maximum Gasteiger partial charge on any atom is 0.303 e. The molecule has 0 aromatic rings. The molecular weight excluding hydrogens is 550 g/mol. The summed E-state index contributed by atoms with van der Waals surface area (Å²) in [6, 6.07) is 0. The summed E-state index contributed by atoms with van der Waals surface area (Å²) in [7, 11) is 1.00. The summed E-state index contributed by atoms with van der Waals surface area (Å²) in [5.74, 6) is 1.65. The van der Waals surface area contributed by atoms with Gasteiger partial charge in [-0.05, 0) is 124 Å². The quantitative estimate of drug-likeness (QED) is 0.273. The molecule has 44 heavy (non-hydrogen) atoms. The van der Waals surface area contributed by atoms with E-state index in [0.29, 0.717) is 35.2 Å². The van der Waals surface area contributed by atoms with E-state index in [2.05, 4.69) is 41.2 Å². The number of allylic oxidation sites excluding steroid dienone is 1. The highest BCUT2D eigenvalue weighted by molar-refractivity contribution is 5.81. The van der Waals surface area contributed by atoms with Gasteiger partial charge in [-0.25, -0.2) is 0 Å². The number of carbonyl (C=O) groups is 2. The van der Waals surface area contributed by atoms with Gasteiger partial charge in [0, 0.05) is 32.2 Å². The van der Waals surface area contributed by atoms with Crippen LogP contribution >= 0.6 is 0 Å². The molecule has 5 aliphatic rings. The van der Waals surface area contributed by atoms with Gasteiger partial charge in [-0.15, -0.1) is 6.58 Å². The smallest absolute Gasteiger partial charge is 0.303 e. The lowest BCUT2D eigenvalue weighted by Gasteiger charge is -2.73. The molecule has 8 atom stereocenters. The Morgan fingerprint density at radius 3 is 1.93 bits per heavy atom. The topological polar surface area (TPSA) is 98.1 Å². The number of nitrogens with zero attached hydrogens (tertiary/aromatic N) is 1. The predicted octanol–water partition coefficient (Wildman–Crippen LogP) is 8.74. The van der Waals surface area contributed by atoms with Crippen LogP contribution in [0.3, 0.4) is 0 Å².